The summed E-state index contributed by atoms with van der Waals surface area (Å²) in [6.45, 7) is 6.13. The summed E-state index contributed by atoms with van der Waals surface area (Å²) in [5, 5.41) is 9.71. The number of nitrogens with one attached hydrogen (secondary N) is 1. The normalized spacial score (nSPS) is 12.3. The van der Waals surface area contributed by atoms with Crippen LogP contribution in [0.15, 0.2) is 29.1 Å². The largest absolute Gasteiger partial charge is 0.454 e. The maximum atomic E-state index is 12.6. The summed E-state index contributed by atoms with van der Waals surface area (Å²) < 4.78 is 5.28. The van der Waals surface area contributed by atoms with Crippen LogP contribution in [-0.4, -0.2) is 21.0 Å². The molecule has 1 aromatic carbocycles. The van der Waals surface area contributed by atoms with Crippen molar-refractivity contribution >= 4 is 27.5 Å². The molecule has 3 rings (SSSR count). The zero-order valence-electron chi connectivity index (χ0n) is 16.2. The number of fused-ring (bicyclic) bond motifs is 1. The Morgan fingerprint density at radius 2 is 2.04 bits per heavy atom. The fourth-order valence-electron chi connectivity index (χ4n) is 2.99. The third-order valence-electron chi connectivity index (χ3n) is 4.87. The van der Waals surface area contributed by atoms with Crippen molar-refractivity contribution < 1.29 is 14.6 Å². The van der Waals surface area contributed by atoms with E-state index in [1.807, 2.05) is 6.92 Å². The molecular formula is C21H24N2O4S. The number of aromatic nitrogens is 2. The molecule has 7 heteroatoms. The Balaban J connectivity index is 1.78. The van der Waals surface area contributed by atoms with Gasteiger partial charge in [0, 0.05) is 4.88 Å². The highest BCUT2D eigenvalue weighted by Crippen LogP contribution is 2.29. The van der Waals surface area contributed by atoms with Crippen molar-refractivity contribution in [1.29, 1.82) is 0 Å². The van der Waals surface area contributed by atoms with E-state index in [-0.39, 0.29) is 18.8 Å². The highest BCUT2D eigenvalue weighted by Gasteiger charge is 2.17. The van der Waals surface area contributed by atoms with Gasteiger partial charge in [-0.25, -0.2) is 9.78 Å². The first-order valence-corrected chi connectivity index (χ1v) is 10.1. The summed E-state index contributed by atoms with van der Waals surface area (Å²) in [4.78, 5) is 33.8. The van der Waals surface area contributed by atoms with Gasteiger partial charge in [0.25, 0.3) is 5.56 Å². The lowest BCUT2D eigenvalue weighted by molar-refractivity contribution is 0.0462. The Hall–Kier alpha value is -2.51. The van der Waals surface area contributed by atoms with Gasteiger partial charge < -0.3 is 14.8 Å². The quantitative estimate of drug-likeness (QED) is 0.590. The number of benzene rings is 1. The summed E-state index contributed by atoms with van der Waals surface area (Å²) >= 11 is 1.50. The molecule has 0 radical (unpaired) electrons. The molecule has 0 aliphatic heterocycles. The number of aliphatic hydroxyl groups excluding tert-OH is 1. The van der Waals surface area contributed by atoms with Gasteiger partial charge in [-0.3, -0.25) is 4.79 Å². The first-order chi connectivity index (χ1) is 13.4. The molecule has 0 spiro atoms. The standard InChI is InChI=1S/C21H24N2O4S/c1-4-12(2)9-16-13(3)28-20-18(16)19(25)22-17(23-20)11-27-21(26)15-7-5-14(10-24)6-8-15/h5-8,12,24H,4,9-11H2,1-3H3,(H,22,23,25)/t12-/m1/s1. The third kappa shape index (κ3) is 4.31. The predicted octanol–water partition coefficient (Wildman–Crippen LogP) is 3.73. The Labute approximate surface area is 167 Å². The monoisotopic (exact) mass is 400 g/mol. The maximum Gasteiger partial charge on any atom is 0.338 e. The minimum atomic E-state index is -0.507. The van der Waals surface area contributed by atoms with E-state index in [0.717, 1.165) is 23.3 Å². The second kappa shape index (κ2) is 8.67. The van der Waals surface area contributed by atoms with Gasteiger partial charge in [0.2, 0.25) is 0 Å². The van der Waals surface area contributed by atoms with Gasteiger partial charge in [-0.2, -0.15) is 0 Å². The summed E-state index contributed by atoms with van der Waals surface area (Å²) in [5.74, 6) is 0.315. The maximum absolute atomic E-state index is 12.6. The number of hydrogen-bond acceptors (Lipinski definition) is 6. The lowest BCUT2D eigenvalue weighted by atomic mass is 9.98. The minimum Gasteiger partial charge on any atom is -0.454 e. The van der Waals surface area contributed by atoms with Crippen LogP contribution in [0.1, 0.15) is 52.5 Å². The number of aryl methyl sites for hydroxylation is 1. The second-order valence-electron chi connectivity index (χ2n) is 6.98. The van der Waals surface area contributed by atoms with Crippen molar-refractivity contribution in [3.05, 3.63) is 62.0 Å². The number of aliphatic hydroxyl groups is 1. The summed E-state index contributed by atoms with van der Waals surface area (Å²) in [6, 6.07) is 6.51. The van der Waals surface area contributed by atoms with E-state index < -0.39 is 5.97 Å². The Morgan fingerprint density at radius 3 is 2.68 bits per heavy atom. The zero-order valence-corrected chi connectivity index (χ0v) is 17.1. The molecule has 1 atom stereocenters. The van der Waals surface area contributed by atoms with Crippen molar-refractivity contribution in [2.75, 3.05) is 0 Å². The van der Waals surface area contributed by atoms with Gasteiger partial charge in [0.15, 0.2) is 0 Å². The minimum absolute atomic E-state index is 0.0836. The van der Waals surface area contributed by atoms with Crippen LogP contribution < -0.4 is 5.56 Å². The number of nitrogens with zero attached hydrogens (tertiary/aromatic N) is 1. The molecule has 0 unspecified atom stereocenters. The van der Waals surface area contributed by atoms with E-state index in [1.165, 1.54) is 11.3 Å². The molecule has 2 heterocycles. The number of carbonyl (C=O) groups excluding carboxylic acids is 1. The number of ether oxygens (including phenoxy) is 1. The average molecular weight is 401 g/mol. The van der Waals surface area contributed by atoms with E-state index in [0.29, 0.717) is 33.1 Å². The van der Waals surface area contributed by atoms with Gasteiger partial charge in [-0.15, -0.1) is 11.3 Å². The number of hydrogen-bond donors (Lipinski definition) is 2. The third-order valence-corrected chi connectivity index (χ3v) is 5.91. The Morgan fingerprint density at radius 1 is 1.32 bits per heavy atom. The molecular weight excluding hydrogens is 376 g/mol. The van der Waals surface area contributed by atoms with Gasteiger partial charge >= 0.3 is 5.97 Å². The smallest absolute Gasteiger partial charge is 0.338 e. The summed E-state index contributed by atoms with van der Waals surface area (Å²) in [7, 11) is 0. The van der Waals surface area contributed by atoms with Crippen molar-refractivity contribution in [2.45, 2.75) is 46.8 Å². The van der Waals surface area contributed by atoms with E-state index in [2.05, 4.69) is 23.8 Å². The number of rotatable bonds is 7. The molecule has 2 aromatic heterocycles. The topological polar surface area (TPSA) is 92.3 Å². The molecule has 0 aliphatic carbocycles. The Kier molecular flexibility index (Phi) is 6.26. The molecule has 148 valence electrons. The first kappa shape index (κ1) is 20.2. The number of aromatic amines is 1. The molecule has 28 heavy (non-hydrogen) atoms. The van der Waals surface area contributed by atoms with Gasteiger partial charge in [-0.05, 0) is 42.5 Å². The van der Waals surface area contributed by atoms with E-state index >= 15 is 0 Å². The van der Waals surface area contributed by atoms with Gasteiger partial charge in [0.1, 0.15) is 17.3 Å². The molecule has 0 amide bonds. The van der Waals surface area contributed by atoms with Crippen LogP contribution in [0.5, 0.6) is 0 Å². The summed E-state index contributed by atoms with van der Waals surface area (Å²) in [6.07, 6.45) is 1.90. The van der Waals surface area contributed by atoms with Gasteiger partial charge in [-0.1, -0.05) is 32.4 Å². The molecule has 2 N–H and O–H groups in total. The molecule has 0 fully saturated rings. The van der Waals surface area contributed by atoms with Crippen molar-refractivity contribution in [3.8, 4) is 0 Å². The van der Waals surface area contributed by atoms with Crippen LogP contribution in [-0.2, 0) is 24.4 Å². The van der Waals surface area contributed by atoms with Gasteiger partial charge in [0.05, 0.1) is 17.6 Å². The molecule has 0 saturated heterocycles. The molecule has 0 aliphatic rings. The van der Waals surface area contributed by atoms with Crippen LogP contribution in [0, 0.1) is 12.8 Å². The van der Waals surface area contributed by atoms with Crippen LogP contribution in [0.4, 0.5) is 0 Å². The highest BCUT2D eigenvalue weighted by molar-refractivity contribution is 7.18. The van der Waals surface area contributed by atoms with Crippen molar-refractivity contribution in [3.63, 3.8) is 0 Å². The van der Waals surface area contributed by atoms with E-state index in [4.69, 9.17) is 9.84 Å². The van der Waals surface area contributed by atoms with Crippen LogP contribution in [0.3, 0.4) is 0 Å². The van der Waals surface area contributed by atoms with Crippen molar-refractivity contribution in [2.24, 2.45) is 5.92 Å². The number of carbonyl (C=O) groups is 1. The molecule has 6 nitrogen and oxygen atoms in total. The highest BCUT2D eigenvalue weighted by atomic mass is 32.1. The zero-order chi connectivity index (χ0) is 20.3. The molecule has 0 bridgehead atoms. The summed E-state index contributed by atoms with van der Waals surface area (Å²) in [5.41, 5.74) is 1.97. The predicted molar refractivity (Wildman–Crippen MR) is 110 cm³/mol. The number of H-pyrrole nitrogens is 1. The number of esters is 1. The van der Waals surface area contributed by atoms with E-state index in [1.54, 1.807) is 24.3 Å². The fraction of sp³-hybridized carbons (Fsp3) is 0.381. The fourth-order valence-corrected chi connectivity index (χ4v) is 4.06. The molecule has 3 aromatic rings. The SMILES string of the molecule is CC[C@@H](C)Cc1c(C)sc2nc(COC(=O)c3ccc(CO)cc3)[nH]c(=O)c12. The number of thiophene rings is 1. The lowest BCUT2D eigenvalue weighted by Gasteiger charge is -2.08. The molecule has 0 saturated carbocycles. The van der Waals surface area contributed by atoms with Crippen LogP contribution in [0.2, 0.25) is 0 Å². The Bertz CT molecular complexity index is 1040. The van der Waals surface area contributed by atoms with Crippen LogP contribution in [0.25, 0.3) is 10.2 Å². The lowest BCUT2D eigenvalue weighted by Crippen LogP contribution is -2.15. The average Bonchev–Trinajstić information content (AvgIpc) is 3.01. The van der Waals surface area contributed by atoms with E-state index in [9.17, 15) is 9.59 Å². The second-order valence-corrected chi connectivity index (χ2v) is 8.18. The first-order valence-electron chi connectivity index (χ1n) is 9.31. The van der Waals surface area contributed by atoms with Crippen molar-refractivity contribution in [1.82, 2.24) is 9.97 Å². The van der Waals surface area contributed by atoms with Crippen LogP contribution >= 0.6 is 11.3 Å².